The first-order valence-corrected chi connectivity index (χ1v) is 10.2. The maximum atomic E-state index is 12.7. The number of carboxylic acids is 1. The molecule has 1 aliphatic rings. The molecule has 31 heavy (non-hydrogen) atoms. The third kappa shape index (κ3) is 4.36. The number of imide groups is 1. The number of rotatable bonds is 5. The molecule has 0 radical (unpaired) electrons. The number of carbonyl (C=O) groups is 3. The van der Waals surface area contributed by atoms with Crippen LogP contribution in [-0.4, -0.2) is 32.2 Å². The number of hydrogen-bond acceptors (Lipinski definition) is 5. The Hall–Kier alpha value is -3.84. The van der Waals surface area contributed by atoms with Gasteiger partial charge in [0.2, 0.25) is 0 Å². The molecule has 4 rings (SSSR count). The van der Waals surface area contributed by atoms with E-state index in [2.05, 4.69) is 0 Å². The van der Waals surface area contributed by atoms with Crippen molar-refractivity contribution in [3.8, 4) is 16.9 Å². The van der Waals surface area contributed by atoms with Crippen molar-refractivity contribution in [2.75, 3.05) is 0 Å². The summed E-state index contributed by atoms with van der Waals surface area (Å²) >= 11 is 0.909. The fourth-order valence-electron chi connectivity index (χ4n) is 3.21. The lowest BCUT2D eigenvalue weighted by Gasteiger charge is -2.12. The van der Waals surface area contributed by atoms with Gasteiger partial charge in [0.15, 0.2) is 0 Å². The number of carboxylic acid groups (broad SMARTS) is 1. The van der Waals surface area contributed by atoms with Crippen molar-refractivity contribution < 1.29 is 24.6 Å². The molecule has 3 aromatic rings. The minimum atomic E-state index is -1.21. The standard InChI is InChI=1S/C24H17NO5S/c26-20-11-10-18(13-19(20)23(28)29)17-8-6-15(7-9-17)12-21-22(27)25(24(30)31-21)14-16-4-2-1-3-5-16/h1-13,26H,14H2,(H,28,29)/b21-12-. The predicted octanol–water partition coefficient (Wildman–Crippen LogP) is 4.99. The van der Waals surface area contributed by atoms with Gasteiger partial charge in [0.25, 0.3) is 11.1 Å². The van der Waals surface area contributed by atoms with E-state index in [1.165, 1.54) is 17.0 Å². The first-order valence-electron chi connectivity index (χ1n) is 9.38. The van der Waals surface area contributed by atoms with Crippen LogP contribution >= 0.6 is 11.8 Å². The van der Waals surface area contributed by atoms with Crippen LogP contribution in [0.3, 0.4) is 0 Å². The van der Waals surface area contributed by atoms with E-state index in [4.69, 9.17) is 5.11 Å². The lowest BCUT2D eigenvalue weighted by atomic mass is 10.0. The second-order valence-electron chi connectivity index (χ2n) is 6.91. The SMILES string of the molecule is O=C(O)c1cc(-c2ccc(/C=C3\SC(=O)N(Cc4ccccc4)C3=O)cc2)ccc1O. The van der Waals surface area contributed by atoms with Gasteiger partial charge in [-0.3, -0.25) is 14.5 Å². The molecule has 0 aliphatic carbocycles. The summed E-state index contributed by atoms with van der Waals surface area (Å²) in [4.78, 5) is 37.8. The quantitative estimate of drug-likeness (QED) is 0.553. The number of thioether (sulfide) groups is 1. The summed E-state index contributed by atoms with van der Waals surface area (Å²) in [6.45, 7) is 0.231. The largest absolute Gasteiger partial charge is 0.507 e. The molecule has 0 atom stereocenters. The van der Waals surface area contributed by atoms with Crippen LogP contribution in [0.4, 0.5) is 4.79 Å². The Bertz CT molecular complexity index is 1200. The van der Waals surface area contributed by atoms with E-state index >= 15 is 0 Å². The van der Waals surface area contributed by atoms with E-state index < -0.39 is 5.97 Å². The van der Waals surface area contributed by atoms with Crippen LogP contribution in [0.5, 0.6) is 5.75 Å². The molecule has 3 aromatic carbocycles. The summed E-state index contributed by atoms with van der Waals surface area (Å²) in [5.41, 5.74) is 2.85. The first-order chi connectivity index (χ1) is 14.9. The molecule has 0 saturated carbocycles. The van der Waals surface area contributed by atoms with Gasteiger partial charge in [-0.15, -0.1) is 0 Å². The maximum absolute atomic E-state index is 12.7. The average molecular weight is 431 g/mol. The third-order valence-electron chi connectivity index (χ3n) is 4.83. The van der Waals surface area contributed by atoms with Crippen molar-refractivity contribution in [3.05, 3.63) is 94.4 Å². The second-order valence-corrected chi connectivity index (χ2v) is 7.91. The molecule has 2 N–H and O–H groups in total. The smallest absolute Gasteiger partial charge is 0.339 e. The monoisotopic (exact) mass is 431 g/mol. The van der Waals surface area contributed by atoms with Gasteiger partial charge in [-0.05, 0) is 52.2 Å². The molecule has 1 aliphatic heterocycles. The predicted molar refractivity (Wildman–Crippen MR) is 118 cm³/mol. The fraction of sp³-hybridized carbons (Fsp3) is 0.0417. The number of phenols is 1. The Morgan fingerprint density at radius 2 is 1.61 bits per heavy atom. The zero-order chi connectivity index (χ0) is 22.0. The summed E-state index contributed by atoms with van der Waals surface area (Å²) in [5, 5.41) is 18.5. The van der Waals surface area contributed by atoms with Gasteiger partial charge < -0.3 is 10.2 Å². The molecule has 1 heterocycles. The molecule has 0 unspecified atom stereocenters. The Morgan fingerprint density at radius 1 is 0.935 bits per heavy atom. The molecular formula is C24H17NO5S. The molecule has 7 heteroatoms. The van der Waals surface area contributed by atoms with Crippen LogP contribution in [-0.2, 0) is 11.3 Å². The van der Waals surface area contributed by atoms with Crippen molar-refractivity contribution >= 4 is 35.0 Å². The molecule has 0 aromatic heterocycles. The number of carbonyl (C=O) groups excluding carboxylic acids is 2. The van der Waals surface area contributed by atoms with Crippen molar-refractivity contribution in [1.29, 1.82) is 0 Å². The second kappa shape index (κ2) is 8.49. The Labute approximate surface area is 182 Å². The lowest BCUT2D eigenvalue weighted by Crippen LogP contribution is -2.27. The Morgan fingerprint density at radius 3 is 2.29 bits per heavy atom. The summed E-state index contributed by atoms with van der Waals surface area (Å²) in [6.07, 6.45) is 1.67. The van der Waals surface area contributed by atoms with Crippen LogP contribution in [0, 0.1) is 0 Å². The zero-order valence-corrected chi connectivity index (χ0v) is 17.0. The van der Waals surface area contributed by atoms with Gasteiger partial charge in [0, 0.05) is 0 Å². The normalized spacial score (nSPS) is 15.0. The van der Waals surface area contributed by atoms with E-state index in [1.54, 1.807) is 36.4 Å². The molecule has 154 valence electrons. The van der Waals surface area contributed by atoms with Gasteiger partial charge in [-0.25, -0.2) is 4.79 Å². The number of aromatic carboxylic acids is 1. The molecule has 6 nitrogen and oxygen atoms in total. The van der Waals surface area contributed by atoms with E-state index in [-0.39, 0.29) is 29.0 Å². The molecule has 1 fully saturated rings. The maximum Gasteiger partial charge on any atom is 0.339 e. The van der Waals surface area contributed by atoms with Crippen LogP contribution in [0.1, 0.15) is 21.5 Å². The summed E-state index contributed by atoms with van der Waals surface area (Å²) < 4.78 is 0. The molecule has 1 saturated heterocycles. The van der Waals surface area contributed by atoms with Gasteiger partial charge in [-0.1, -0.05) is 60.7 Å². The highest BCUT2D eigenvalue weighted by molar-refractivity contribution is 8.18. The Balaban J connectivity index is 1.53. The lowest BCUT2D eigenvalue weighted by molar-refractivity contribution is -0.123. The van der Waals surface area contributed by atoms with E-state index in [1.807, 2.05) is 30.3 Å². The topological polar surface area (TPSA) is 94.9 Å². The van der Waals surface area contributed by atoms with Crippen LogP contribution in [0.2, 0.25) is 0 Å². The molecular weight excluding hydrogens is 414 g/mol. The summed E-state index contributed by atoms with van der Waals surface area (Å²) in [6, 6.07) is 20.9. The number of amides is 2. The minimum absolute atomic E-state index is 0.173. The zero-order valence-electron chi connectivity index (χ0n) is 16.2. The van der Waals surface area contributed by atoms with Gasteiger partial charge >= 0.3 is 5.97 Å². The third-order valence-corrected chi connectivity index (χ3v) is 5.73. The number of hydrogen-bond donors (Lipinski definition) is 2. The fourth-order valence-corrected chi connectivity index (χ4v) is 4.05. The van der Waals surface area contributed by atoms with Gasteiger partial charge in [0.05, 0.1) is 11.4 Å². The van der Waals surface area contributed by atoms with Crippen LogP contribution in [0.25, 0.3) is 17.2 Å². The minimum Gasteiger partial charge on any atom is -0.507 e. The van der Waals surface area contributed by atoms with E-state index in [0.717, 1.165) is 28.5 Å². The van der Waals surface area contributed by atoms with Crippen molar-refractivity contribution in [2.45, 2.75) is 6.54 Å². The first kappa shape index (κ1) is 20.4. The highest BCUT2D eigenvalue weighted by atomic mass is 32.2. The molecule has 0 spiro atoms. The number of aromatic hydroxyl groups is 1. The van der Waals surface area contributed by atoms with Gasteiger partial charge in [0.1, 0.15) is 11.3 Å². The summed E-state index contributed by atoms with van der Waals surface area (Å²) in [5.74, 6) is -1.83. The average Bonchev–Trinajstić information content (AvgIpc) is 3.02. The van der Waals surface area contributed by atoms with Gasteiger partial charge in [-0.2, -0.15) is 0 Å². The molecule has 0 bridgehead atoms. The van der Waals surface area contributed by atoms with Crippen LogP contribution in [0.15, 0.2) is 77.7 Å². The molecule has 2 amide bonds. The van der Waals surface area contributed by atoms with Crippen molar-refractivity contribution in [3.63, 3.8) is 0 Å². The Kier molecular flexibility index (Phi) is 5.60. The van der Waals surface area contributed by atoms with Crippen molar-refractivity contribution in [1.82, 2.24) is 4.90 Å². The van der Waals surface area contributed by atoms with E-state index in [0.29, 0.717) is 10.5 Å². The number of nitrogens with zero attached hydrogens (tertiary/aromatic N) is 1. The highest BCUT2D eigenvalue weighted by Crippen LogP contribution is 2.34. The number of benzene rings is 3. The van der Waals surface area contributed by atoms with Crippen LogP contribution < -0.4 is 0 Å². The van der Waals surface area contributed by atoms with Crippen molar-refractivity contribution in [2.24, 2.45) is 0 Å². The summed E-state index contributed by atoms with van der Waals surface area (Å²) in [7, 11) is 0. The van der Waals surface area contributed by atoms with E-state index in [9.17, 15) is 19.5 Å². The highest BCUT2D eigenvalue weighted by Gasteiger charge is 2.34.